The minimum Gasteiger partial charge on any atom is -0.366 e. The van der Waals surface area contributed by atoms with Crippen LogP contribution in [-0.4, -0.2) is 11.8 Å². The molecule has 2 amide bonds. The molecule has 0 bridgehead atoms. The first kappa shape index (κ1) is 15.7. The molecule has 0 aliphatic heterocycles. The van der Waals surface area contributed by atoms with Crippen molar-refractivity contribution < 1.29 is 14.0 Å². The van der Waals surface area contributed by atoms with Crippen LogP contribution in [0.1, 0.15) is 38.8 Å². The smallest absolute Gasteiger partial charge is 0.255 e. The number of anilines is 1. The quantitative estimate of drug-likeness (QED) is 0.911. The Morgan fingerprint density at radius 2 is 1.77 bits per heavy atom. The van der Waals surface area contributed by atoms with Crippen LogP contribution in [0.4, 0.5) is 10.1 Å². The molecule has 4 nitrogen and oxygen atoms in total. The Balaban J connectivity index is 2.29. The van der Waals surface area contributed by atoms with Crippen LogP contribution < -0.4 is 11.1 Å². The SMILES string of the molecule is CCc1ccc(C(=O)Nc2cc(C(N)=O)cc(F)c2C)cc1. The van der Waals surface area contributed by atoms with E-state index >= 15 is 0 Å². The molecule has 0 saturated heterocycles. The Morgan fingerprint density at radius 3 is 2.32 bits per heavy atom. The van der Waals surface area contributed by atoms with E-state index in [0.717, 1.165) is 18.1 Å². The third-order valence-corrected chi connectivity index (χ3v) is 3.50. The molecule has 2 rings (SSSR count). The number of primary amides is 1. The molecular weight excluding hydrogens is 283 g/mol. The van der Waals surface area contributed by atoms with Crippen LogP contribution in [0.25, 0.3) is 0 Å². The van der Waals surface area contributed by atoms with Crippen molar-refractivity contribution in [3.8, 4) is 0 Å². The van der Waals surface area contributed by atoms with Crippen molar-refractivity contribution in [2.45, 2.75) is 20.3 Å². The minimum absolute atomic E-state index is 0.0136. The number of aryl methyl sites for hydroxylation is 1. The molecule has 0 spiro atoms. The van der Waals surface area contributed by atoms with E-state index in [9.17, 15) is 14.0 Å². The van der Waals surface area contributed by atoms with Crippen molar-refractivity contribution in [3.05, 3.63) is 64.5 Å². The van der Waals surface area contributed by atoms with Gasteiger partial charge in [-0.3, -0.25) is 9.59 Å². The van der Waals surface area contributed by atoms with E-state index in [2.05, 4.69) is 5.32 Å². The zero-order chi connectivity index (χ0) is 16.3. The van der Waals surface area contributed by atoms with E-state index in [1.54, 1.807) is 12.1 Å². The van der Waals surface area contributed by atoms with E-state index < -0.39 is 11.7 Å². The maximum absolute atomic E-state index is 13.8. The summed E-state index contributed by atoms with van der Waals surface area (Å²) in [5.74, 6) is -1.71. The van der Waals surface area contributed by atoms with Crippen LogP contribution in [0.15, 0.2) is 36.4 Å². The molecule has 2 aromatic carbocycles. The minimum atomic E-state index is -0.748. The number of carbonyl (C=O) groups excluding carboxylic acids is 2. The van der Waals surface area contributed by atoms with Crippen molar-refractivity contribution in [2.24, 2.45) is 5.73 Å². The van der Waals surface area contributed by atoms with E-state index in [0.29, 0.717) is 5.56 Å². The molecule has 0 aromatic heterocycles. The number of halogens is 1. The fourth-order valence-corrected chi connectivity index (χ4v) is 2.04. The average molecular weight is 300 g/mol. The van der Waals surface area contributed by atoms with Crippen molar-refractivity contribution in [2.75, 3.05) is 5.32 Å². The van der Waals surface area contributed by atoms with E-state index in [1.165, 1.54) is 13.0 Å². The van der Waals surface area contributed by atoms with Gasteiger partial charge in [0, 0.05) is 22.4 Å². The summed E-state index contributed by atoms with van der Waals surface area (Å²) in [6.45, 7) is 3.55. The highest BCUT2D eigenvalue weighted by Crippen LogP contribution is 2.21. The summed E-state index contributed by atoms with van der Waals surface area (Å²) in [7, 11) is 0. The monoisotopic (exact) mass is 300 g/mol. The summed E-state index contributed by atoms with van der Waals surface area (Å²) < 4.78 is 13.8. The van der Waals surface area contributed by atoms with Gasteiger partial charge in [-0.2, -0.15) is 0 Å². The van der Waals surface area contributed by atoms with Crippen molar-refractivity contribution in [1.82, 2.24) is 0 Å². The lowest BCUT2D eigenvalue weighted by Gasteiger charge is -2.11. The molecule has 0 atom stereocenters. The molecule has 0 saturated carbocycles. The van der Waals surface area contributed by atoms with Gasteiger partial charge in [0.05, 0.1) is 0 Å². The van der Waals surface area contributed by atoms with Crippen LogP contribution in [0.3, 0.4) is 0 Å². The Hall–Kier alpha value is -2.69. The Bertz CT molecular complexity index is 724. The molecule has 0 aliphatic carbocycles. The Labute approximate surface area is 128 Å². The van der Waals surface area contributed by atoms with Gasteiger partial charge in [-0.25, -0.2) is 4.39 Å². The fraction of sp³-hybridized carbons (Fsp3) is 0.176. The summed E-state index contributed by atoms with van der Waals surface area (Å²) in [5.41, 5.74) is 7.24. The van der Waals surface area contributed by atoms with Crippen molar-refractivity contribution >= 4 is 17.5 Å². The Morgan fingerprint density at radius 1 is 1.14 bits per heavy atom. The number of amides is 2. The third kappa shape index (κ3) is 3.31. The molecular formula is C17H17FN2O2. The lowest BCUT2D eigenvalue weighted by molar-refractivity contribution is 0.0995. The van der Waals surface area contributed by atoms with E-state index in [-0.39, 0.29) is 22.7 Å². The number of carbonyl (C=O) groups is 2. The number of hydrogen-bond donors (Lipinski definition) is 2. The molecule has 0 heterocycles. The maximum Gasteiger partial charge on any atom is 0.255 e. The topological polar surface area (TPSA) is 72.2 Å². The van der Waals surface area contributed by atoms with Crippen LogP contribution in [0.2, 0.25) is 0 Å². The van der Waals surface area contributed by atoms with Gasteiger partial charge >= 0.3 is 0 Å². The first-order valence-corrected chi connectivity index (χ1v) is 6.92. The molecule has 0 aliphatic rings. The predicted molar refractivity (Wildman–Crippen MR) is 83.4 cm³/mol. The van der Waals surface area contributed by atoms with Gasteiger partial charge < -0.3 is 11.1 Å². The second kappa shape index (κ2) is 6.39. The maximum atomic E-state index is 13.8. The number of hydrogen-bond acceptors (Lipinski definition) is 2. The lowest BCUT2D eigenvalue weighted by Crippen LogP contribution is -2.16. The number of rotatable bonds is 4. The van der Waals surface area contributed by atoms with Crippen LogP contribution >= 0.6 is 0 Å². The summed E-state index contributed by atoms with van der Waals surface area (Å²) in [6.07, 6.45) is 0.882. The molecule has 0 radical (unpaired) electrons. The fourth-order valence-electron chi connectivity index (χ4n) is 2.04. The highest BCUT2D eigenvalue weighted by atomic mass is 19.1. The summed E-state index contributed by atoms with van der Waals surface area (Å²) >= 11 is 0. The molecule has 0 fully saturated rings. The number of nitrogens with one attached hydrogen (secondary N) is 1. The third-order valence-electron chi connectivity index (χ3n) is 3.50. The average Bonchev–Trinajstić information content (AvgIpc) is 2.51. The Kier molecular flexibility index (Phi) is 4.56. The van der Waals surface area contributed by atoms with E-state index in [4.69, 9.17) is 5.73 Å². The molecule has 22 heavy (non-hydrogen) atoms. The van der Waals surface area contributed by atoms with Crippen molar-refractivity contribution in [3.63, 3.8) is 0 Å². The molecule has 114 valence electrons. The van der Waals surface area contributed by atoms with Gasteiger partial charge in [-0.05, 0) is 43.2 Å². The molecule has 3 N–H and O–H groups in total. The van der Waals surface area contributed by atoms with Crippen molar-refractivity contribution in [1.29, 1.82) is 0 Å². The predicted octanol–water partition coefficient (Wildman–Crippen LogP) is 3.05. The highest BCUT2D eigenvalue weighted by molar-refractivity contribution is 6.05. The molecule has 5 heteroatoms. The van der Waals surface area contributed by atoms with Gasteiger partial charge in [0.15, 0.2) is 0 Å². The van der Waals surface area contributed by atoms with Crippen LogP contribution in [0.5, 0.6) is 0 Å². The van der Waals surface area contributed by atoms with Gasteiger partial charge in [0.25, 0.3) is 5.91 Å². The summed E-state index contributed by atoms with van der Waals surface area (Å²) in [5, 5.41) is 2.61. The largest absolute Gasteiger partial charge is 0.366 e. The first-order chi connectivity index (χ1) is 10.4. The normalized spacial score (nSPS) is 10.3. The lowest BCUT2D eigenvalue weighted by atomic mass is 10.1. The van der Waals surface area contributed by atoms with Crippen LogP contribution in [-0.2, 0) is 6.42 Å². The second-order valence-electron chi connectivity index (χ2n) is 5.00. The molecule has 2 aromatic rings. The zero-order valence-electron chi connectivity index (χ0n) is 12.4. The van der Waals surface area contributed by atoms with Gasteiger partial charge in [-0.1, -0.05) is 19.1 Å². The second-order valence-corrected chi connectivity index (χ2v) is 5.00. The van der Waals surface area contributed by atoms with E-state index in [1.807, 2.05) is 19.1 Å². The highest BCUT2D eigenvalue weighted by Gasteiger charge is 2.13. The standard InChI is InChI=1S/C17H17FN2O2/c1-3-11-4-6-12(7-5-11)17(22)20-15-9-13(16(19)21)8-14(18)10(15)2/h4-9H,3H2,1-2H3,(H2,19,21)(H,20,22). The van der Waals surface area contributed by atoms with Crippen LogP contribution in [0, 0.1) is 12.7 Å². The van der Waals surface area contributed by atoms with Gasteiger partial charge in [0.1, 0.15) is 5.82 Å². The zero-order valence-corrected chi connectivity index (χ0v) is 12.4. The summed E-state index contributed by atoms with van der Waals surface area (Å²) in [6, 6.07) is 9.57. The summed E-state index contributed by atoms with van der Waals surface area (Å²) in [4.78, 5) is 23.4. The first-order valence-electron chi connectivity index (χ1n) is 6.92. The van der Waals surface area contributed by atoms with Gasteiger partial charge in [0.2, 0.25) is 5.91 Å². The number of nitrogens with two attached hydrogens (primary N) is 1. The number of benzene rings is 2. The van der Waals surface area contributed by atoms with Gasteiger partial charge in [-0.15, -0.1) is 0 Å². The molecule has 0 unspecified atom stereocenters.